The maximum atomic E-state index is 12.2. The van der Waals surface area contributed by atoms with E-state index in [0.29, 0.717) is 13.2 Å². The summed E-state index contributed by atoms with van der Waals surface area (Å²) < 4.78 is 10.9. The number of methoxy groups -OCH3 is 1. The molecule has 2 fully saturated rings. The second-order valence-corrected chi connectivity index (χ2v) is 9.91. The molecule has 0 spiro atoms. The molecule has 0 radical (unpaired) electrons. The Kier molecular flexibility index (Phi) is 6.45. The summed E-state index contributed by atoms with van der Waals surface area (Å²) in [4.78, 5) is 17.2. The highest BCUT2D eigenvalue weighted by Crippen LogP contribution is 2.41. The van der Waals surface area contributed by atoms with E-state index < -0.39 is 11.1 Å². The summed E-state index contributed by atoms with van der Waals surface area (Å²) in [5.41, 5.74) is 11.8. The Morgan fingerprint density at radius 2 is 1.71 bits per heavy atom. The SMILES string of the molecule is COC1CCC(NC(C)=O)(c2cnc(-c3ccc(C4(N)COC4)cc3)c(-c3ccccc3)c2)CC1. The summed E-state index contributed by atoms with van der Waals surface area (Å²) in [6.45, 7) is 2.68. The third kappa shape index (κ3) is 4.61. The van der Waals surface area contributed by atoms with Gasteiger partial charge in [-0.05, 0) is 48.4 Å². The molecule has 2 heterocycles. The highest BCUT2D eigenvalue weighted by molar-refractivity contribution is 5.81. The van der Waals surface area contributed by atoms with Crippen LogP contribution in [0.4, 0.5) is 0 Å². The number of aromatic nitrogens is 1. The van der Waals surface area contributed by atoms with E-state index in [1.807, 2.05) is 24.4 Å². The molecule has 0 unspecified atom stereocenters. The van der Waals surface area contributed by atoms with Crippen LogP contribution in [-0.2, 0) is 25.3 Å². The molecule has 6 heteroatoms. The van der Waals surface area contributed by atoms with Crippen molar-refractivity contribution >= 4 is 5.91 Å². The molecular formula is C29H33N3O3. The van der Waals surface area contributed by atoms with E-state index in [1.165, 1.54) is 0 Å². The van der Waals surface area contributed by atoms with Gasteiger partial charge >= 0.3 is 0 Å². The van der Waals surface area contributed by atoms with Crippen LogP contribution in [0.2, 0.25) is 0 Å². The van der Waals surface area contributed by atoms with Gasteiger partial charge in [-0.15, -0.1) is 0 Å². The molecule has 182 valence electrons. The monoisotopic (exact) mass is 471 g/mol. The first-order chi connectivity index (χ1) is 16.9. The minimum atomic E-state index is -0.448. The lowest BCUT2D eigenvalue weighted by molar-refractivity contribution is -0.122. The van der Waals surface area contributed by atoms with Gasteiger partial charge in [0.25, 0.3) is 0 Å². The molecule has 1 amide bonds. The standard InChI is InChI=1S/C29H33N3O3/c1-20(33)32-29(14-12-25(34-2)13-15-29)24-16-26(21-6-4-3-5-7-21)27(31-17-24)22-8-10-23(11-9-22)28(30)18-35-19-28/h3-11,16-17,25H,12-15,18-19,30H2,1-2H3,(H,32,33). The molecule has 5 rings (SSSR count). The number of ether oxygens (including phenoxy) is 2. The molecule has 1 saturated carbocycles. The summed E-state index contributed by atoms with van der Waals surface area (Å²) in [6.07, 6.45) is 5.58. The Hall–Kier alpha value is -3.06. The van der Waals surface area contributed by atoms with Gasteiger partial charge in [0, 0.05) is 31.4 Å². The first-order valence-electron chi connectivity index (χ1n) is 12.3. The Morgan fingerprint density at radius 1 is 1.03 bits per heavy atom. The molecule has 1 aliphatic carbocycles. The fourth-order valence-corrected chi connectivity index (χ4v) is 5.39. The molecule has 0 bridgehead atoms. The Balaban J connectivity index is 1.57. The van der Waals surface area contributed by atoms with Crippen LogP contribution in [0, 0.1) is 0 Å². The van der Waals surface area contributed by atoms with Crippen LogP contribution in [0.5, 0.6) is 0 Å². The van der Waals surface area contributed by atoms with Crippen molar-refractivity contribution in [2.24, 2.45) is 5.73 Å². The van der Waals surface area contributed by atoms with Gasteiger partial charge < -0.3 is 20.5 Å². The zero-order chi connectivity index (χ0) is 24.5. The van der Waals surface area contributed by atoms with Crippen molar-refractivity contribution in [3.63, 3.8) is 0 Å². The van der Waals surface area contributed by atoms with Crippen LogP contribution in [0.3, 0.4) is 0 Å². The first kappa shape index (κ1) is 23.7. The van der Waals surface area contributed by atoms with E-state index in [-0.39, 0.29) is 12.0 Å². The van der Waals surface area contributed by atoms with Crippen molar-refractivity contribution in [1.29, 1.82) is 0 Å². The second-order valence-electron chi connectivity index (χ2n) is 9.91. The van der Waals surface area contributed by atoms with E-state index in [2.05, 4.69) is 47.8 Å². The average Bonchev–Trinajstić information content (AvgIpc) is 2.87. The largest absolute Gasteiger partial charge is 0.381 e. The van der Waals surface area contributed by atoms with Crippen LogP contribution in [-0.4, -0.2) is 37.3 Å². The lowest BCUT2D eigenvalue weighted by Gasteiger charge is -2.41. The van der Waals surface area contributed by atoms with Crippen molar-refractivity contribution in [2.45, 2.75) is 49.8 Å². The van der Waals surface area contributed by atoms with Crippen LogP contribution in [0.25, 0.3) is 22.4 Å². The Morgan fingerprint density at radius 3 is 2.29 bits per heavy atom. The number of nitrogens with zero attached hydrogens (tertiary/aromatic N) is 1. The van der Waals surface area contributed by atoms with Crippen molar-refractivity contribution in [3.8, 4) is 22.4 Å². The summed E-state index contributed by atoms with van der Waals surface area (Å²) in [7, 11) is 1.76. The zero-order valence-electron chi connectivity index (χ0n) is 20.4. The van der Waals surface area contributed by atoms with Crippen LogP contribution in [0.1, 0.15) is 43.7 Å². The molecule has 6 nitrogen and oxygen atoms in total. The van der Waals surface area contributed by atoms with Crippen molar-refractivity contribution in [1.82, 2.24) is 10.3 Å². The van der Waals surface area contributed by atoms with E-state index >= 15 is 0 Å². The molecule has 1 aromatic heterocycles. The topological polar surface area (TPSA) is 86.5 Å². The number of rotatable bonds is 6. The van der Waals surface area contributed by atoms with Gasteiger partial charge in [-0.1, -0.05) is 54.6 Å². The van der Waals surface area contributed by atoms with Gasteiger partial charge in [0.1, 0.15) is 0 Å². The molecule has 1 aliphatic heterocycles. The van der Waals surface area contributed by atoms with Gasteiger partial charge in [-0.2, -0.15) is 0 Å². The van der Waals surface area contributed by atoms with Gasteiger partial charge in [-0.3, -0.25) is 9.78 Å². The van der Waals surface area contributed by atoms with Crippen molar-refractivity contribution in [2.75, 3.05) is 20.3 Å². The van der Waals surface area contributed by atoms with Gasteiger partial charge in [-0.25, -0.2) is 0 Å². The molecule has 0 atom stereocenters. The average molecular weight is 472 g/mol. The van der Waals surface area contributed by atoms with Crippen molar-refractivity contribution in [3.05, 3.63) is 78.0 Å². The number of hydrogen-bond donors (Lipinski definition) is 2. The normalized spacial score (nSPS) is 23.3. The fourth-order valence-electron chi connectivity index (χ4n) is 5.39. The van der Waals surface area contributed by atoms with Crippen molar-refractivity contribution < 1.29 is 14.3 Å². The predicted molar refractivity (Wildman–Crippen MR) is 137 cm³/mol. The smallest absolute Gasteiger partial charge is 0.217 e. The number of benzene rings is 2. The van der Waals surface area contributed by atoms with E-state index in [1.54, 1.807) is 14.0 Å². The Bertz CT molecular complexity index is 1180. The number of hydrogen-bond acceptors (Lipinski definition) is 5. The lowest BCUT2D eigenvalue weighted by atomic mass is 9.75. The van der Waals surface area contributed by atoms with E-state index in [0.717, 1.165) is 59.2 Å². The second kappa shape index (κ2) is 9.53. The highest BCUT2D eigenvalue weighted by atomic mass is 16.5. The molecule has 35 heavy (non-hydrogen) atoms. The fraction of sp³-hybridized carbons (Fsp3) is 0.379. The van der Waals surface area contributed by atoms with Gasteiger partial charge in [0.2, 0.25) is 5.91 Å². The number of nitrogens with two attached hydrogens (primary N) is 1. The summed E-state index contributed by atoms with van der Waals surface area (Å²) >= 11 is 0. The maximum absolute atomic E-state index is 12.2. The number of pyridine rings is 1. The number of carbonyl (C=O) groups excluding carboxylic acids is 1. The van der Waals surface area contributed by atoms with E-state index in [4.69, 9.17) is 20.2 Å². The quantitative estimate of drug-likeness (QED) is 0.552. The molecule has 2 aliphatic rings. The molecule has 1 saturated heterocycles. The third-order valence-corrected chi connectivity index (χ3v) is 7.51. The number of carbonyl (C=O) groups is 1. The summed E-state index contributed by atoms with van der Waals surface area (Å²) in [5.74, 6) is -0.0301. The predicted octanol–water partition coefficient (Wildman–Crippen LogP) is 4.52. The number of nitrogens with one attached hydrogen (secondary N) is 1. The lowest BCUT2D eigenvalue weighted by Crippen LogP contribution is -2.54. The molecule has 3 N–H and O–H groups in total. The molecule has 3 aromatic rings. The first-order valence-corrected chi connectivity index (χ1v) is 12.3. The highest BCUT2D eigenvalue weighted by Gasteiger charge is 2.39. The molecular weight excluding hydrogens is 438 g/mol. The van der Waals surface area contributed by atoms with Crippen LogP contribution < -0.4 is 11.1 Å². The zero-order valence-corrected chi connectivity index (χ0v) is 20.4. The molecule has 2 aromatic carbocycles. The maximum Gasteiger partial charge on any atom is 0.217 e. The van der Waals surface area contributed by atoms with Crippen LogP contribution in [0.15, 0.2) is 66.9 Å². The van der Waals surface area contributed by atoms with E-state index in [9.17, 15) is 4.79 Å². The summed E-state index contributed by atoms with van der Waals surface area (Å²) in [5, 5.41) is 3.27. The van der Waals surface area contributed by atoms with Crippen LogP contribution >= 0.6 is 0 Å². The van der Waals surface area contributed by atoms with Gasteiger partial charge in [0.15, 0.2) is 0 Å². The third-order valence-electron chi connectivity index (χ3n) is 7.51. The Labute approximate surface area is 206 Å². The minimum Gasteiger partial charge on any atom is -0.381 e. The number of amides is 1. The summed E-state index contributed by atoms with van der Waals surface area (Å²) in [6, 6.07) is 20.8. The van der Waals surface area contributed by atoms with Gasteiger partial charge in [0.05, 0.1) is 36.1 Å². The minimum absolute atomic E-state index is 0.0301.